The Morgan fingerprint density at radius 3 is 2.42 bits per heavy atom. The summed E-state index contributed by atoms with van der Waals surface area (Å²) in [4.78, 5) is 0. The van der Waals surface area contributed by atoms with Crippen molar-refractivity contribution in [3.05, 3.63) is 58.6 Å². The second kappa shape index (κ2) is 11.2. The minimum Gasteiger partial charge on any atom is -0.490 e. The molecule has 0 fully saturated rings. The summed E-state index contributed by atoms with van der Waals surface area (Å²) in [7, 11) is 0. The molecule has 5 heteroatoms. The molecule has 0 aliphatic heterocycles. The lowest BCUT2D eigenvalue weighted by atomic mass is 10.2. The first-order chi connectivity index (χ1) is 11.2. The van der Waals surface area contributed by atoms with Gasteiger partial charge in [-0.05, 0) is 43.1 Å². The lowest BCUT2D eigenvalue weighted by Gasteiger charge is -2.15. The maximum atomic E-state index is 6.42. The van der Waals surface area contributed by atoms with Gasteiger partial charge < -0.3 is 14.8 Å². The normalized spacial score (nSPS) is 10.1. The summed E-state index contributed by atoms with van der Waals surface area (Å²) in [6, 6.07) is 14.0. The predicted molar refractivity (Wildman–Crippen MR) is 103 cm³/mol. The van der Waals surface area contributed by atoms with Crippen LogP contribution in [0.2, 0.25) is 5.02 Å². The van der Waals surface area contributed by atoms with Gasteiger partial charge >= 0.3 is 0 Å². The highest BCUT2D eigenvalue weighted by Crippen LogP contribution is 2.37. The standard InChI is InChI=1S/C19H24ClNO2.ClH/c1-3-10-21-13-16-11-17(20)19(18(12-16)22-4-2)23-14-15-8-6-5-7-9-15;/h5-9,11-12,21H,3-4,10,13-14H2,1-2H3;1H. The number of nitrogens with one attached hydrogen (secondary N) is 1. The maximum Gasteiger partial charge on any atom is 0.180 e. The zero-order chi connectivity index (χ0) is 16.5. The fourth-order valence-electron chi connectivity index (χ4n) is 2.27. The summed E-state index contributed by atoms with van der Waals surface area (Å²) in [5, 5.41) is 3.95. The minimum absolute atomic E-state index is 0. The molecule has 2 aromatic rings. The van der Waals surface area contributed by atoms with Gasteiger partial charge in [0.2, 0.25) is 0 Å². The van der Waals surface area contributed by atoms with E-state index in [0.717, 1.165) is 30.6 Å². The molecule has 0 spiro atoms. The third-order valence-corrected chi connectivity index (χ3v) is 3.63. The molecule has 1 N–H and O–H groups in total. The first-order valence-electron chi connectivity index (χ1n) is 8.07. The Balaban J connectivity index is 0.00000288. The summed E-state index contributed by atoms with van der Waals surface area (Å²) in [6.45, 7) is 6.89. The highest BCUT2D eigenvalue weighted by molar-refractivity contribution is 6.32. The second-order valence-corrected chi connectivity index (χ2v) is 5.70. The quantitative estimate of drug-likeness (QED) is 0.613. The molecule has 0 bridgehead atoms. The summed E-state index contributed by atoms with van der Waals surface area (Å²) in [5.74, 6) is 1.31. The minimum atomic E-state index is 0. The molecular weight excluding hydrogens is 345 g/mol. The molecule has 0 heterocycles. The van der Waals surface area contributed by atoms with Gasteiger partial charge in [-0.15, -0.1) is 12.4 Å². The van der Waals surface area contributed by atoms with Crippen molar-refractivity contribution in [3.63, 3.8) is 0 Å². The lowest BCUT2D eigenvalue weighted by molar-refractivity contribution is 0.269. The summed E-state index contributed by atoms with van der Waals surface area (Å²) >= 11 is 6.42. The SMILES string of the molecule is CCCNCc1cc(Cl)c(OCc2ccccc2)c(OCC)c1.Cl. The smallest absolute Gasteiger partial charge is 0.180 e. The topological polar surface area (TPSA) is 30.5 Å². The van der Waals surface area contributed by atoms with E-state index in [1.165, 1.54) is 0 Å². The van der Waals surface area contributed by atoms with Gasteiger partial charge in [0.25, 0.3) is 0 Å². The van der Waals surface area contributed by atoms with Crippen LogP contribution in [0.25, 0.3) is 0 Å². The highest BCUT2D eigenvalue weighted by Gasteiger charge is 2.13. The van der Waals surface area contributed by atoms with E-state index in [9.17, 15) is 0 Å². The Morgan fingerprint density at radius 1 is 1.00 bits per heavy atom. The first kappa shape index (κ1) is 20.6. The van der Waals surface area contributed by atoms with Crippen molar-refractivity contribution in [1.29, 1.82) is 0 Å². The molecule has 2 rings (SSSR count). The van der Waals surface area contributed by atoms with Gasteiger partial charge in [0, 0.05) is 6.54 Å². The van der Waals surface area contributed by atoms with Crippen LogP contribution in [0.3, 0.4) is 0 Å². The zero-order valence-electron chi connectivity index (χ0n) is 14.2. The van der Waals surface area contributed by atoms with Crippen molar-refractivity contribution in [3.8, 4) is 11.5 Å². The van der Waals surface area contributed by atoms with Crippen LogP contribution >= 0.6 is 24.0 Å². The Hall–Kier alpha value is -1.42. The third-order valence-electron chi connectivity index (χ3n) is 3.35. The molecule has 0 atom stereocenters. The average Bonchev–Trinajstić information content (AvgIpc) is 2.55. The van der Waals surface area contributed by atoms with Crippen LogP contribution in [0.1, 0.15) is 31.4 Å². The monoisotopic (exact) mass is 369 g/mol. The molecule has 0 unspecified atom stereocenters. The molecule has 0 aliphatic rings. The summed E-state index contributed by atoms with van der Waals surface area (Å²) < 4.78 is 11.6. The van der Waals surface area contributed by atoms with Crippen molar-refractivity contribution >= 4 is 24.0 Å². The molecule has 0 aromatic heterocycles. The van der Waals surface area contributed by atoms with Gasteiger partial charge in [-0.1, -0.05) is 48.9 Å². The van der Waals surface area contributed by atoms with E-state index in [1.54, 1.807) is 0 Å². The fourth-order valence-corrected chi connectivity index (χ4v) is 2.55. The van der Waals surface area contributed by atoms with Crippen LogP contribution in [-0.2, 0) is 13.2 Å². The van der Waals surface area contributed by atoms with Crippen LogP contribution in [0.4, 0.5) is 0 Å². The summed E-state index contributed by atoms with van der Waals surface area (Å²) in [5.41, 5.74) is 2.19. The average molecular weight is 370 g/mol. The number of hydrogen-bond acceptors (Lipinski definition) is 3. The Kier molecular flexibility index (Phi) is 9.62. The number of halogens is 2. The van der Waals surface area contributed by atoms with Crippen LogP contribution < -0.4 is 14.8 Å². The molecule has 2 aromatic carbocycles. The fraction of sp³-hybridized carbons (Fsp3) is 0.368. The van der Waals surface area contributed by atoms with E-state index in [-0.39, 0.29) is 12.4 Å². The molecule has 0 saturated heterocycles. The van der Waals surface area contributed by atoms with Crippen LogP contribution in [0.15, 0.2) is 42.5 Å². The molecule has 0 saturated carbocycles. The van der Waals surface area contributed by atoms with Gasteiger partial charge in [-0.25, -0.2) is 0 Å². The Bertz CT molecular complexity index is 606. The maximum absolute atomic E-state index is 6.42. The van der Waals surface area contributed by atoms with Crippen molar-refractivity contribution in [2.75, 3.05) is 13.2 Å². The van der Waals surface area contributed by atoms with Gasteiger partial charge in [0.05, 0.1) is 11.6 Å². The van der Waals surface area contributed by atoms with Crippen LogP contribution in [0, 0.1) is 0 Å². The van der Waals surface area contributed by atoms with Crippen molar-refractivity contribution in [1.82, 2.24) is 5.32 Å². The first-order valence-corrected chi connectivity index (χ1v) is 8.45. The van der Waals surface area contributed by atoms with Crippen molar-refractivity contribution in [2.24, 2.45) is 0 Å². The molecule has 0 radical (unpaired) electrons. The Morgan fingerprint density at radius 2 is 1.75 bits per heavy atom. The largest absolute Gasteiger partial charge is 0.490 e. The molecule has 132 valence electrons. The summed E-state index contributed by atoms with van der Waals surface area (Å²) in [6.07, 6.45) is 1.10. The van der Waals surface area contributed by atoms with E-state index in [4.69, 9.17) is 21.1 Å². The van der Waals surface area contributed by atoms with E-state index in [2.05, 4.69) is 12.2 Å². The lowest BCUT2D eigenvalue weighted by Crippen LogP contribution is -2.14. The molecule has 0 amide bonds. The van der Waals surface area contributed by atoms with Crippen LogP contribution in [-0.4, -0.2) is 13.2 Å². The van der Waals surface area contributed by atoms with Crippen LogP contribution in [0.5, 0.6) is 11.5 Å². The van der Waals surface area contributed by atoms with E-state index in [0.29, 0.717) is 29.7 Å². The van der Waals surface area contributed by atoms with E-state index >= 15 is 0 Å². The van der Waals surface area contributed by atoms with Gasteiger partial charge in [-0.3, -0.25) is 0 Å². The van der Waals surface area contributed by atoms with Gasteiger partial charge in [0.15, 0.2) is 11.5 Å². The molecule has 0 aliphatic carbocycles. The van der Waals surface area contributed by atoms with E-state index < -0.39 is 0 Å². The highest BCUT2D eigenvalue weighted by atomic mass is 35.5. The molecule has 24 heavy (non-hydrogen) atoms. The zero-order valence-corrected chi connectivity index (χ0v) is 15.8. The second-order valence-electron chi connectivity index (χ2n) is 5.29. The van der Waals surface area contributed by atoms with Gasteiger partial charge in [0.1, 0.15) is 6.61 Å². The predicted octanol–water partition coefficient (Wildman–Crippen LogP) is 5.24. The van der Waals surface area contributed by atoms with Crippen molar-refractivity contribution < 1.29 is 9.47 Å². The number of benzene rings is 2. The van der Waals surface area contributed by atoms with E-state index in [1.807, 2.05) is 49.4 Å². The number of hydrogen-bond donors (Lipinski definition) is 1. The molecular formula is C19H25Cl2NO2. The van der Waals surface area contributed by atoms with Gasteiger partial charge in [-0.2, -0.15) is 0 Å². The number of ether oxygens (including phenoxy) is 2. The Labute approximate surface area is 155 Å². The van der Waals surface area contributed by atoms with Crippen molar-refractivity contribution in [2.45, 2.75) is 33.4 Å². The third kappa shape index (κ3) is 6.23. The number of rotatable bonds is 9. The molecule has 3 nitrogen and oxygen atoms in total.